The molecular weight excluding hydrogens is 538 g/mol. The topological polar surface area (TPSA) is 33.1 Å². The van der Waals surface area contributed by atoms with Crippen LogP contribution in [0.1, 0.15) is 130 Å². The Balaban J connectivity index is 1.63. The lowest BCUT2D eigenvalue weighted by Crippen LogP contribution is -2.31. The predicted molar refractivity (Wildman–Crippen MR) is 158 cm³/mol. The number of hydrogen-bond donors (Lipinski definition) is 1. The molecule has 0 saturated heterocycles. The minimum atomic E-state index is -4.41. The summed E-state index contributed by atoms with van der Waals surface area (Å²) in [5, 5.41) is 11.9. The van der Waals surface area contributed by atoms with Crippen molar-refractivity contribution in [3.05, 3.63) is 88.0 Å². The molecule has 2 aromatic carbocycles. The number of pyridine rings is 1. The number of rotatable bonds is 6. The third-order valence-corrected chi connectivity index (χ3v) is 10.1. The largest absolute Gasteiger partial charge is 0.416 e. The van der Waals surface area contributed by atoms with Crippen LogP contribution in [0.5, 0.6) is 0 Å². The number of aliphatic hydroxyl groups is 1. The maximum Gasteiger partial charge on any atom is 0.416 e. The molecule has 2 unspecified atom stereocenters. The van der Waals surface area contributed by atoms with Gasteiger partial charge in [-0.25, -0.2) is 4.39 Å². The molecule has 3 aliphatic carbocycles. The van der Waals surface area contributed by atoms with Crippen molar-refractivity contribution >= 4 is 0 Å². The average Bonchev–Trinajstić information content (AvgIpc) is 3.64. The molecule has 1 spiro atoms. The van der Waals surface area contributed by atoms with Crippen molar-refractivity contribution in [2.24, 2.45) is 11.3 Å². The van der Waals surface area contributed by atoms with Gasteiger partial charge in [-0.05, 0) is 103 Å². The fourth-order valence-electron chi connectivity index (χ4n) is 8.21. The Morgan fingerprint density at radius 2 is 1.57 bits per heavy atom. The monoisotopic (exact) mass is 579 g/mol. The average molecular weight is 580 g/mol. The smallest absolute Gasteiger partial charge is 0.388 e. The van der Waals surface area contributed by atoms with E-state index in [-0.39, 0.29) is 29.0 Å². The molecule has 3 aliphatic rings. The highest BCUT2D eigenvalue weighted by Gasteiger charge is 2.44. The van der Waals surface area contributed by atoms with Crippen molar-refractivity contribution in [2.45, 2.75) is 109 Å². The molecule has 224 valence electrons. The second-order valence-corrected chi connectivity index (χ2v) is 13.5. The van der Waals surface area contributed by atoms with E-state index in [4.69, 9.17) is 4.98 Å². The number of benzene rings is 2. The van der Waals surface area contributed by atoms with Crippen molar-refractivity contribution < 1.29 is 22.7 Å². The van der Waals surface area contributed by atoms with Crippen LogP contribution in [0.4, 0.5) is 17.6 Å². The summed E-state index contributed by atoms with van der Waals surface area (Å²) < 4.78 is 54.8. The lowest BCUT2D eigenvalue weighted by atomic mass is 9.67. The summed E-state index contributed by atoms with van der Waals surface area (Å²) in [6.45, 7) is 4.27. The van der Waals surface area contributed by atoms with Crippen LogP contribution in [0, 0.1) is 17.2 Å². The van der Waals surface area contributed by atoms with Gasteiger partial charge in [0.05, 0.1) is 11.7 Å². The van der Waals surface area contributed by atoms with Gasteiger partial charge >= 0.3 is 6.18 Å². The molecule has 6 heteroatoms. The minimum Gasteiger partial charge on any atom is -0.388 e. The van der Waals surface area contributed by atoms with E-state index in [1.807, 2.05) is 0 Å². The van der Waals surface area contributed by atoms with Crippen LogP contribution in [0.25, 0.3) is 11.1 Å². The fraction of sp³-hybridized carbons (Fsp3) is 0.528. The zero-order valence-electron chi connectivity index (χ0n) is 24.6. The van der Waals surface area contributed by atoms with Gasteiger partial charge in [-0.15, -0.1) is 0 Å². The Kier molecular flexibility index (Phi) is 7.97. The van der Waals surface area contributed by atoms with E-state index in [9.17, 15) is 22.7 Å². The molecule has 2 nitrogen and oxygen atoms in total. The van der Waals surface area contributed by atoms with Crippen LogP contribution in [0.2, 0.25) is 0 Å². The molecule has 6 rings (SSSR count). The molecule has 1 aromatic heterocycles. The number of fused-ring (bicyclic) bond motifs is 1. The summed E-state index contributed by atoms with van der Waals surface area (Å²) in [5.41, 5.74) is 5.86. The van der Waals surface area contributed by atoms with Gasteiger partial charge in [0, 0.05) is 28.8 Å². The molecule has 0 bridgehead atoms. The summed E-state index contributed by atoms with van der Waals surface area (Å²) >= 11 is 0. The van der Waals surface area contributed by atoms with Gasteiger partial charge in [-0.3, -0.25) is 4.98 Å². The Hall–Kier alpha value is -2.73. The molecule has 0 aliphatic heterocycles. The first kappa shape index (κ1) is 29.3. The summed E-state index contributed by atoms with van der Waals surface area (Å²) in [6, 6.07) is 12.1. The molecule has 2 saturated carbocycles. The first-order chi connectivity index (χ1) is 20.0. The minimum absolute atomic E-state index is 0.0682. The van der Waals surface area contributed by atoms with Crippen molar-refractivity contribution in [1.82, 2.24) is 4.98 Å². The molecule has 1 heterocycles. The number of nitrogens with zero attached hydrogens (tertiary/aromatic N) is 1. The Morgan fingerprint density at radius 3 is 2.17 bits per heavy atom. The highest BCUT2D eigenvalue weighted by atomic mass is 19.4. The molecule has 2 atom stereocenters. The van der Waals surface area contributed by atoms with E-state index in [1.165, 1.54) is 37.1 Å². The maximum absolute atomic E-state index is 14.2. The van der Waals surface area contributed by atoms with Gasteiger partial charge < -0.3 is 5.11 Å². The summed E-state index contributed by atoms with van der Waals surface area (Å²) in [6.07, 6.45) is 5.97. The Morgan fingerprint density at radius 1 is 0.929 bits per heavy atom. The summed E-state index contributed by atoms with van der Waals surface area (Å²) in [7, 11) is 0. The van der Waals surface area contributed by atoms with Crippen LogP contribution in [0.15, 0.2) is 48.5 Å². The van der Waals surface area contributed by atoms with E-state index >= 15 is 0 Å². The second kappa shape index (κ2) is 11.4. The van der Waals surface area contributed by atoms with E-state index in [2.05, 4.69) is 13.8 Å². The predicted octanol–water partition coefficient (Wildman–Crippen LogP) is 10.3. The Bertz CT molecular complexity index is 1400. The Labute approximate surface area is 246 Å². The normalized spacial score (nSPS) is 21.3. The number of hydrogen-bond acceptors (Lipinski definition) is 2. The fourth-order valence-corrected chi connectivity index (χ4v) is 8.21. The van der Waals surface area contributed by atoms with Gasteiger partial charge in [0.1, 0.15) is 5.82 Å². The molecule has 0 amide bonds. The van der Waals surface area contributed by atoms with Crippen LogP contribution >= 0.6 is 0 Å². The van der Waals surface area contributed by atoms with Crippen LogP contribution < -0.4 is 0 Å². The first-order valence-electron chi connectivity index (χ1n) is 15.7. The van der Waals surface area contributed by atoms with Crippen molar-refractivity contribution in [3.63, 3.8) is 0 Å². The second-order valence-electron chi connectivity index (χ2n) is 13.5. The maximum atomic E-state index is 14.2. The summed E-state index contributed by atoms with van der Waals surface area (Å²) in [5.74, 6) is -0.0221. The number of halogens is 4. The zero-order valence-corrected chi connectivity index (χ0v) is 24.6. The highest BCUT2D eigenvalue weighted by Crippen LogP contribution is 2.55. The lowest BCUT2D eigenvalue weighted by Gasteiger charge is -2.40. The van der Waals surface area contributed by atoms with Gasteiger partial charge in [-0.2, -0.15) is 13.2 Å². The highest BCUT2D eigenvalue weighted by molar-refractivity contribution is 5.75. The van der Waals surface area contributed by atoms with Crippen molar-refractivity contribution in [3.8, 4) is 11.1 Å². The molecule has 0 radical (unpaired) electrons. The first-order valence-corrected chi connectivity index (χ1v) is 15.7. The van der Waals surface area contributed by atoms with Gasteiger partial charge in [0.2, 0.25) is 0 Å². The van der Waals surface area contributed by atoms with Gasteiger partial charge in [-0.1, -0.05) is 63.8 Å². The third kappa shape index (κ3) is 5.64. The van der Waals surface area contributed by atoms with E-state index in [0.717, 1.165) is 90.6 Å². The standard InChI is InChI=1S/C36H41F4NO/c1-22(2)19-28(23-9-13-26(14-10-23)36(38,39)40)32-31(24-11-15-27(37)16-12-24)33-29(41-34(32)25-7-3-4-8-25)20-35(21-30(33)42)17-5-6-18-35/h9-16,22,25,28,30,42H,3-8,17-21H2,1-2H3. The number of aliphatic hydroxyl groups excluding tert-OH is 1. The molecular formula is C36H41F4NO. The lowest BCUT2D eigenvalue weighted by molar-refractivity contribution is -0.137. The summed E-state index contributed by atoms with van der Waals surface area (Å²) in [4.78, 5) is 5.46. The molecule has 1 N–H and O–H groups in total. The number of alkyl halides is 3. The van der Waals surface area contributed by atoms with Crippen molar-refractivity contribution in [1.29, 1.82) is 0 Å². The van der Waals surface area contributed by atoms with Crippen LogP contribution in [-0.4, -0.2) is 10.1 Å². The van der Waals surface area contributed by atoms with E-state index < -0.39 is 17.8 Å². The number of aromatic nitrogens is 1. The zero-order chi connectivity index (χ0) is 29.6. The van der Waals surface area contributed by atoms with Crippen molar-refractivity contribution in [2.75, 3.05) is 0 Å². The van der Waals surface area contributed by atoms with Gasteiger partial charge in [0.25, 0.3) is 0 Å². The van der Waals surface area contributed by atoms with E-state index in [1.54, 1.807) is 24.3 Å². The third-order valence-electron chi connectivity index (χ3n) is 10.1. The molecule has 42 heavy (non-hydrogen) atoms. The molecule has 3 aromatic rings. The quantitative estimate of drug-likeness (QED) is 0.295. The van der Waals surface area contributed by atoms with Gasteiger partial charge in [0.15, 0.2) is 0 Å². The SMILES string of the molecule is CC(C)CC(c1ccc(C(F)(F)F)cc1)c1c(C2CCCC2)nc2c(c1-c1ccc(F)cc1)C(O)CC1(CCCC1)C2. The van der Waals surface area contributed by atoms with Crippen LogP contribution in [0.3, 0.4) is 0 Å². The van der Waals surface area contributed by atoms with E-state index in [0.29, 0.717) is 6.42 Å². The van der Waals surface area contributed by atoms with Crippen LogP contribution in [-0.2, 0) is 12.6 Å². The molecule has 2 fully saturated rings.